The van der Waals surface area contributed by atoms with Crippen LogP contribution in [-0.4, -0.2) is 91.9 Å². The summed E-state index contributed by atoms with van der Waals surface area (Å²) in [5, 5.41) is 2.52. The zero-order valence-electron chi connectivity index (χ0n) is 33.0. The fourth-order valence-electron chi connectivity index (χ4n) is 6.09. The van der Waals surface area contributed by atoms with Gasteiger partial charge in [0.1, 0.15) is 11.7 Å². The minimum absolute atomic E-state index is 0.00910. The standard InChI is InChI=1S/C39H51F2N3O12/c1-8-52-32(47)12-10-30(45)43-19-24-16-28(50-6)36(34(40)26(24)21-43)53-14-9-15-54-37-29(51-7)17-25-20-44(22-27(25)35(37)41)31(46)11-13-33(48)55-23(2)18-42-38(49)56-39(3,4)5/h16-17,23H,8-15,18-22H2,1-7H3,(H,42,49)/t23-/m0/s1. The van der Waals surface area contributed by atoms with Crippen molar-refractivity contribution in [3.63, 3.8) is 0 Å². The predicted molar refractivity (Wildman–Crippen MR) is 195 cm³/mol. The Morgan fingerprint density at radius 2 is 1.25 bits per heavy atom. The van der Waals surface area contributed by atoms with Crippen LogP contribution in [0, 0.1) is 11.6 Å². The first-order valence-corrected chi connectivity index (χ1v) is 18.4. The highest BCUT2D eigenvalue weighted by molar-refractivity contribution is 5.83. The molecule has 0 saturated carbocycles. The number of hydrogen-bond donors (Lipinski definition) is 1. The summed E-state index contributed by atoms with van der Waals surface area (Å²) in [4.78, 5) is 64.4. The van der Waals surface area contributed by atoms with Crippen molar-refractivity contribution in [2.24, 2.45) is 0 Å². The van der Waals surface area contributed by atoms with Crippen LogP contribution in [0.25, 0.3) is 0 Å². The topological polar surface area (TPSA) is 168 Å². The van der Waals surface area contributed by atoms with E-state index in [2.05, 4.69) is 5.32 Å². The van der Waals surface area contributed by atoms with Gasteiger partial charge in [0.2, 0.25) is 11.8 Å². The second-order valence-corrected chi connectivity index (χ2v) is 14.3. The number of nitrogens with zero attached hydrogens (tertiary/aromatic N) is 2. The first-order chi connectivity index (χ1) is 26.5. The molecule has 0 saturated heterocycles. The third-order valence-corrected chi connectivity index (χ3v) is 8.77. The Bertz CT molecular complexity index is 1780. The van der Waals surface area contributed by atoms with Gasteiger partial charge in [-0.1, -0.05) is 0 Å². The van der Waals surface area contributed by atoms with Gasteiger partial charge >= 0.3 is 18.0 Å². The van der Waals surface area contributed by atoms with Crippen molar-refractivity contribution < 1.29 is 65.9 Å². The van der Waals surface area contributed by atoms with Crippen molar-refractivity contribution in [3.05, 3.63) is 46.0 Å². The average molecular weight is 792 g/mol. The van der Waals surface area contributed by atoms with E-state index >= 15 is 8.78 Å². The fraction of sp³-hybridized carbons (Fsp3) is 0.564. The summed E-state index contributed by atoms with van der Waals surface area (Å²) < 4.78 is 69.1. The Labute approximate surface area is 324 Å². The van der Waals surface area contributed by atoms with Crippen LogP contribution in [0.3, 0.4) is 0 Å². The minimum Gasteiger partial charge on any atom is -0.493 e. The highest BCUT2D eigenvalue weighted by Crippen LogP contribution is 2.40. The summed E-state index contributed by atoms with van der Waals surface area (Å²) in [6, 6.07) is 3.21. The number of ether oxygens (including phenoxy) is 7. The molecule has 15 nitrogen and oxygen atoms in total. The number of carbonyl (C=O) groups excluding carboxylic acids is 5. The Balaban J connectivity index is 1.26. The Morgan fingerprint density at radius 1 is 0.768 bits per heavy atom. The van der Waals surface area contributed by atoms with Crippen molar-refractivity contribution in [2.45, 2.75) is 105 Å². The van der Waals surface area contributed by atoms with Crippen molar-refractivity contribution in [1.29, 1.82) is 0 Å². The number of nitrogens with one attached hydrogen (secondary N) is 1. The molecule has 1 atom stereocenters. The summed E-state index contributed by atoms with van der Waals surface area (Å²) in [6.45, 7) is 8.89. The summed E-state index contributed by atoms with van der Waals surface area (Å²) in [5.41, 5.74) is 0.975. The number of alkyl carbamates (subject to hydrolysis) is 1. The van der Waals surface area contributed by atoms with E-state index in [0.717, 1.165) is 0 Å². The van der Waals surface area contributed by atoms with Gasteiger partial charge in [-0.2, -0.15) is 0 Å². The van der Waals surface area contributed by atoms with E-state index in [0.29, 0.717) is 16.7 Å². The van der Waals surface area contributed by atoms with E-state index < -0.39 is 41.4 Å². The number of benzene rings is 2. The fourth-order valence-corrected chi connectivity index (χ4v) is 6.09. The van der Waals surface area contributed by atoms with Crippen molar-refractivity contribution in [1.82, 2.24) is 15.1 Å². The highest BCUT2D eigenvalue weighted by atomic mass is 19.1. The van der Waals surface area contributed by atoms with Crippen LogP contribution in [0.2, 0.25) is 0 Å². The lowest BCUT2D eigenvalue weighted by Crippen LogP contribution is -2.37. The maximum absolute atomic E-state index is 15.8. The third kappa shape index (κ3) is 11.6. The third-order valence-electron chi connectivity index (χ3n) is 8.77. The highest BCUT2D eigenvalue weighted by Gasteiger charge is 2.32. The molecule has 0 aliphatic carbocycles. The summed E-state index contributed by atoms with van der Waals surface area (Å²) >= 11 is 0. The molecule has 2 aromatic rings. The van der Waals surface area contributed by atoms with Crippen molar-refractivity contribution >= 4 is 29.8 Å². The van der Waals surface area contributed by atoms with Gasteiger partial charge in [0.25, 0.3) is 0 Å². The van der Waals surface area contributed by atoms with Gasteiger partial charge in [-0.15, -0.1) is 0 Å². The number of fused-ring (bicyclic) bond motifs is 2. The number of hydrogen-bond acceptors (Lipinski definition) is 12. The molecule has 1 N–H and O–H groups in total. The van der Waals surface area contributed by atoms with Gasteiger partial charge in [0, 0.05) is 56.6 Å². The lowest BCUT2D eigenvalue weighted by molar-refractivity contribution is -0.150. The van der Waals surface area contributed by atoms with Crippen LogP contribution < -0.4 is 24.3 Å². The molecule has 17 heteroatoms. The monoisotopic (exact) mass is 791 g/mol. The average Bonchev–Trinajstić information content (AvgIpc) is 3.78. The van der Waals surface area contributed by atoms with Gasteiger partial charge in [-0.25, -0.2) is 13.6 Å². The van der Waals surface area contributed by atoms with Crippen LogP contribution in [0.1, 0.15) is 89.0 Å². The first kappa shape index (κ1) is 43.4. The maximum Gasteiger partial charge on any atom is 0.407 e. The smallest absolute Gasteiger partial charge is 0.407 e. The van der Waals surface area contributed by atoms with Crippen LogP contribution in [0.4, 0.5) is 13.6 Å². The van der Waals surface area contributed by atoms with Crippen LogP contribution >= 0.6 is 0 Å². The largest absolute Gasteiger partial charge is 0.493 e. The number of rotatable bonds is 18. The zero-order chi connectivity index (χ0) is 41.2. The molecule has 3 amide bonds. The molecule has 56 heavy (non-hydrogen) atoms. The lowest BCUT2D eigenvalue weighted by Gasteiger charge is -2.21. The van der Waals surface area contributed by atoms with Gasteiger partial charge < -0.3 is 48.3 Å². The lowest BCUT2D eigenvalue weighted by atomic mass is 10.1. The van der Waals surface area contributed by atoms with E-state index in [1.807, 2.05) is 0 Å². The van der Waals surface area contributed by atoms with Gasteiger partial charge in [-0.05, 0) is 57.9 Å². The SMILES string of the molecule is CCOC(=O)CCC(=O)N1Cc2cc(OC)c(OCCCOc3c(OC)cc4c(c3F)CN(C(=O)CCC(=O)O[C@@H](C)CNC(=O)OC(C)(C)C)C4)c(F)c2C1. The second kappa shape index (κ2) is 19.5. The molecular weight excluding hydrogens is 740 g/mol. The molecule has 0 unspecified atom stereocenters. The van der Waals surface area contributed by atoms with Crippen molar-refractivity contribution in [2.75, 3.05) is 40.6 Å². The van der Waals surface area contributed by atoms with E-state index in [9.17, 15) is 24.0 Å². The number of methoxy groups -OCH3 is 2. The Morgan fingerprint density at radius 3 is 1.70 bits per heavy atom. The summed E-state index contributed by atoms with van der Waals surface area (Å²) in [5.74, 6) is -3.14. The molecule has 2 heterocycles. The molecule has 0 fully saturated rings. The predicted octanol–water partition coefficient (Wildman–Crippen LogP) is 5.09. The van der Waals surface area contributed by atoms with Gasteiger partial charge in [-0.3, -0.25) is 19.2 Å². The second-order valence-electron chi connectivity index (χ2n) is 14.3. The molecule has 2 aromatic carbocycles. The van der Waals surface area contributed by atoms with Crippen LogP contribution in [0.15, 0.2) is 12.1 Å². The Kier molecular flexibility index (Phi) is 15.1. The molecule has 4 rings (SSSR count). The molecule has 2 aliphatic rings. The van der Waals surface area contributed by atoms with Gasteiger partial charge in [0.05, 0.1) is 53.4 Å². The summed E-state index contributed by atoms with van der Waals surface area (Å²) in [7, 11) is 2.74. The molecule has 0 radical (unpaired) electrons. The minimum atomic E-state index is -0.686. The number of amides is 3. The summed E-state index contributed by atoms with van der Waals surface area (Å²) in [6.07, 6.45) is -1.58. The zero-order valence-corrected chi connectivity index (χ0v) is 33.0. The van der Waals surface area contributed by atoms with Crippen molar-refractivity contribution in [3.8, 4) is 23.0 Å². The molecule has 0 aromatic heterocycles. The number of carbonyl (C=O) groups is 5. The molecule has 0 spiro atoms. The van der Waals surface area contributed by atoms with E-state index in [1.54, 1.807) is 46.8 Å². The van der Waals surface area contributed by atoms with Crippen LogP contribution in [-0.2, 0) is 59.6 Å². The number of halogens is 2. The molecular formula is C39H51F2N3O12. The first-order valence-electron chi connectivity index (χ1n) is 18.4. The normalized spacial score (nSPS) is 13.7. The van der Waals surface area contributed by atoms with Gasteiger partial charge in [0.15, 0.2) is 34.6 Å². The molecule has 308 valence electrons. The molecule has 2 aliphatic heterocycles. The van der Waals surface area contributed by atoms with E-state index in [-0.39, 0.29) is 125 Å². The molecule has 0 bridgehead atoms. The van der Waals surface area contributed by atoms with E-state index in [4.69, 9.17) is 33.2 Å². The number of esters is 2. The van der Waals surface area contributed by atoms with Crippen LogP contribution in [0.5, 0.6) is 23.0 Å². The Hall–Kier alpha value is -5.35. The van der Waals surface area contributed by atoms with E-state index in [1.165, 1.54) is 24.0 Å². The quantitative estimate of drug-likeness (QED) is 0.121. The maximum atomic E-state index is 15.8.